The van der Waals surface area contributed by atoms with Crippen molar-refractivity contribution < 1.29 is 14.6 Å². The Bertz CT molecular complexity index is 1060. The van der Waals surface area contributed by atoms with E-state index in [0.29, 0.717) is 25.6 Å². The highest BCUT2D eigenvalue weighted by atomic mass is 16.5. The second kappa shape index (κ2) is 11.4. The monoisotopic (exact) mass is 476 g/mol. The van der Waals surface area contributed by atoms with E-state index in [4.69, 9.17) is 14.6 Å². The van der Waals surface area contributed by atoms with Gasteiger partial charge in [0.1, 0.15) is 5.75 Å². The topological polar surface area (TPSA) is 63.0 Å². The molecule has 0 bridgehead atoms. The molecule has 2 fully saturated rings. The lowest BCUT2D eigenvalue weighted by atomic mass is 10.2. The van der Waals surface area contributed by atoms with Crippen LogP contribution in [0.3, 0.4) is 0 Å². The molecule has 186 valence electrons. The van der Waals surface area contributed by atoms with Gasteiger partial charge in [-0.15, -0.1) is 0 Å². The van der Waals surface area contributed by atoms with Crippen molar-refractivity contribution in [3.05, 3.63) is 71.9 Å². The molecule has 2 aromatic carbocycles. The fraction of sp³-hybridized carbons (Fsp3) is 0.464. The number of aliphatic hydroxyl groups excluding tert-OH is 1. The van der Waals surface area contributed by atoms with E-state index in [1.54, 1.807) is 0 Å². The number of morpholine rings is 1. The van der Waals surface area contributed by atoms with E-state index >= 15 is 0 Å². The average Bonchev–Trinajstić information content (AvgIpc) is 3.65. The Kier molecular flexibility index (Phi) is 7.79. The predicted octanol–water partition coefficient (Wildman–Crippen LogP) is 3.88. The number of rotatable bonds is 11. The maximum atomic E-state index is 11.0. The highest BCUT2D eigenvalue weighted by molar-refractivity contribution is 5.43. The zero-order chi connectivity index (χ0) is 24.0. The van der Waals surface area contributed by atoms with Gasteiger partial charge in [0.15, 0.2) is 0 Å². The minimum atomic E-state index is -0.408. The summed E-state index contributed by atoms with van der Waals surface area (Å²) in [6, 6.07) is 20.0. The van der Waals surface area contributed by atoms with Gasteiger partial charge in [-0.25, -0.2) is 4.68 Å². The van der Waals surface area contributed by atoms with Crippen LogP contribution in [0.4, 0.5) is 0 Å². The normalized spacial score (nSPS) is 17.6. The van der Waals surface area contributed by atoms with Crippen molar-refractivity contribution >= 4 is 0 Å². The summed E-state index contributed by atoms with van der Waals surface area (Å²) in [5.74, 6) is 2.24. The van der Waals surface area contributed by atoms with Gasteiger partial charge < -0.3 is 14.6 Å². The maximum absolute atomic E-state index is 11.0. The molecule has 7 nitrogen and oxygen atoms in total. The third-order valence-electron chi connectivity index (χ3n) is 6.73. The van der Waals surface area contributed by atoms with Crippen molar-refractivity contribution in [3.8, 4) is 17.3 Å². The number of benzene rings is 2. The Labute approximate surface area is 207 Å². The highest BCUT2D eigenvalue weighted by Gasteiger charge is 2.28. The average molecular weight is 477 g/mol. The molecule has 5 rings (SSSR count). The molecule has 1 N–H and O–H groups in total. The lowest BCUT2D eigenvalue weighted by Gasteiger charge is -2.31. The first-order valence-electron chi connectivity index (χ1n) is 12.7. The van der Waals surface area contributed by atoms with Gasteiger partial charge in [0.25, 0.3) is 0 Å². The van der Waals surface area contributed by atoms with Gasteiger partial charge in [-0.2, -0.15) is 5.10 Å². The van der Waals surface area contributed by atoms with Gasteiger partial charge >= 0.3 is 0 Å². The highest BCUT2D eigenvalue weighted by Crippen LogP contribution is 2.34. The van der Waals surface area contributed by atoms with Gasteiger partial charge in [-0.1, -0.05) is 36.4 Å². The molecule has 1 aliphatic heterocycles. The number of β-amino-alcohol motifs (C(OH)–C–C–N with tert-alkyl or cyclic N) is 1. The molecule has 35 heavy (non-hydrogen) atoms. The molecule has 0 amide bonds. The minimum absolute atomic E-state index is 0.408. The fourth-order valence-electron chi connectivity index (χ4n) is 4.70. The van der Waals surface area contributed by atoms with Crippen LogP contribution in [0.25, 0.3) is 5.69 Å². The molecule has 1 atom stereocenters. The zero-order valence-corrected chi connectivity index (χ0v) is 20.6. The SMILES string of the molecule is Cc1nn(-c2ccccc2)c(Oc2ccccc2)c1CN(CC(O)CN1CCOCC1)CC1CC1. The second-order valence-electron chi connectivity index (χ2n) is 9.74. The molecule has 1 aromatic heterocycles. The van der Waals surface area contributed by atoms with Gasteiger partial charge in [0.2, 0.25) is 5.88 Å². The largest absolute Gasteiger partial charge is 0.439 e. The first kappa shape index (κ1) is 24.0. The summed E-state index contributed by atoms with van der Waals surface area (Å²) in [6.45, 7) is 8.31. The molecule has 2 heterocycles. The molecular weight excluding hydrogens is 440 g/mol. The van der Waals surface area contributed by atoms with Crippen LogP contribution in [0.1, 0.15) is 24.1 Å². The van der Waals surface area contributed by atoms with E-state index in [2.05, 4.69) is 9.80 Å². The van der Waals surface area contributed by atoms with Crippen LogP contribution in [-0.4, -0.2) is 76.7 Å². The molecule has 2 aliphatic rings. The van der Waals surface area contributed by atoms with Gasteiger partial charge in [0.05, 0.1) is 36.3 Å². The van der Waals surface area contributed by atoms with Crippen molar-refractivity contribution in [2.24, 2.45) is 5.92 Å². The number of aryl methyl sites for hydroxylation is 1. The molecule has 1 aliphatic carbocycles. The van der Waals surface area contributed by atoms with Crippen molar-refractivity contribution in [1.29, 1.82) is 0 Å². The number of nitrogens with zero attached hydrogens (tertiary/aromatic N) is 4. The summed E-state index contributed by atoms with van der Waals surface area (Å²) >= 11 is 0. The number of aromatic nitrogens is 2. The summed E-state index contributed by atoms with van der Waals surface area (Å²) in [6.07, 6.45) is 2.13. The third kappa shape index (κ3) is 6.49. The molecule has 0 spiro atoms. The van der Waals surface area contributed by atoms with Crippen molar-refractivity contribution in [3.63, 3.8) is 0 Å². The van der Waals surface area contributed by atoms with E-state index in [-0.39, 0.29) is 0 Å². The van der Waals surface area contributed by atoms with E-state index < -0.39 is 6.10 Å². The van der Waals surface area contributed by atoms with Crippen molar-refractivity contribution in [2.75, 3.05) is 45.9 Å². The number of hydrogen-bond acceptors (Lipinski definition) is 6. The molecule has 7 heteroatoms. The van der Waals surface area contributed by atoms with E-state index in [9.17, 15) is 5.11 Å². The van der Waals surface area contributed by atoms with Crippen LogP contribution >= 0.6 is 0 Å². The van der Waals surface area contributed by atoms with E-state index in [0.717, 1.165) is 61.4 Å². The Morgan fingerprint density at radius 3 is 2.43 bits per heavy atom. The summed E-state index contributed by atoms with van der Waals surface area (Å²) in [7, 11) is 0. The quantitative estimate of drug-likeness (QED) is 0.453. The fourth-order valence-corrected chi connectivity index (χ4v) is 4.70. The molecule has 1 unspecified atom stereocenters. The smallest absolute Gasteiger partial charge is 0.227 e. The predicted molar refractivity (Wildman–Crippen MR) is 136 cm³/mol. The molecular formula is C28H36N4O3. The van der Waals surface area contributed by atoms with Gasteiger partial charge in [0, 0.05) is 39.3 Å². The first-order chi connectivity index (χ1) is 17.2. The molecule has 1 saturated heterocycles. The number of aliphatic hydroxyl groups is 1. The Morgan fingerprint density at radius 1 is 1.06 bits per heavy atom. The van der Waals surface area contributed by atoms with Crippen LogP contribution in [0.5, 0.6) is 11.6 Å². The standard InChI is InChI=1S/C28H36N4O3/c1-22-27(21-31(18-23-12-13-23)20-25(33)19-30-14-16-34-17-15-30)28(35-26-10-6-3-7-11-26)32(29-22)24-8-4-2-5-9-24/h2-11,23,25,33H,12-21H2,1H3. The second-order valence-corrected chi connectivity index (χ2v) is 9.74. The summed E-state index contributed by atoms with van der Waals surface area (Å²) in [4.78, 5) is 4.69. The maximum Gasteiger partial charge on any atom is 0.227 e. The van der Waals surface area contributed by atoms with Crippen molar-refractivity contribution in [1.82, 2.24) is 19.6 Å². The van der Waals surface area contributed by atoms with E-state index in [1.807, 2.05) is 72.3 Å². The minimum Gasteiger partial charge on any atom is -0.439 e. The summed E-state index contributed by atoms with van der Waals surface area (Å²) < 4.78 is 13.8. The Hall–Kier alpha value is -2.71. The van der Waals surface area contributed by atoms with Crippen LogP contribution in [0.15, 0.2) is 60.7 Å². The Morgan fingerprint density at radius 2 is 1.74 bits per heavy atom. The number of hydrogen-bond donors (Lipinski definition) is 1. The number of ether oxygens (including phenoxy) is 2. The van der Waals surface area contributed by atoms with E-state index in [1.165, 1.54) is 12.8 Å². The van der Waals surface area contributed by atoms with Crippen LogP contribution < -0.4 is 4.74 Å². The first-order valence-corrected chi connectivity index (χ1v) is 12.7. The number of para-hydroxylation sites is 2. The lowest BCUT2D eigenvalue weighted by molar-refractivity contribution is 0.00585. The van der Waals surface area contributed by atoms with Crippen LogP contribution in [-0.2, 0) is 11.3 Å². The molecule has 0 radical (unpaired) electrons. The third-order valence-corrected chi connectivity index (χ3v) is 6.73. The van der Waals surface area contributed by atoms with Crippen LogP contribution in [0.2, 0.25) is 0 Å². The summed E-state index contributed by atoms with van der Waals surface area (Å²) in [5.41, 5.74) is 2.98. The Balaban J connectivity index is 1.39. The van der Waals surface area contributed by atoms with Crippen LogP contribution in [0, 0.1) is 12.8 Å². The summed E-state index contributed by atoms with van der Waals surface area (Å²) in [5, 5.41) is 15.8. The van der Waals surface area contributed by atoms with Gasteiger partial charge in [-0.3, -0.25) is 9.80 Å². The molecule has 1 saturated carbocycles. The molecule has 3 aromatic rings. The zero-order valence-electron chi connectivity index (χ0n) is 20.6. The van der Waals surface area contributed by atoms with Gasteiger partial charge in [-0.05, 0) is 49.9 Å². The lowest BCUT2D eigenvalue weighted by Crippen LogP contribution is -2.44. The van der Waals surface area contributed by atoms with Crippen molar-refractivity contribution in [2.45, 2.75) is 32.4 Å².